The van der Waals surface area contributed by atoms with Crippen LogP contribution in [0.4, 0.5) is 8.78 Å². The third kappa shape index (κ3) is 4.05. The smallest absolute Gasteiger partial charge is 0.132 e. The van der Waals surface area contributed by atoms with Crippen LogP contribution in [0.2, 0.25) is 0 Å². The summed E-state index contributed by atoms with van der Waals surface area (Å²) >= 11 is 0. The number of rotatable bonds is 4. The van der Waals surface area contributed by atoms with Gasteiger partial charge >= 0.3 is 0 Å². The molecule has 0 fully saturated rings. The normalized spacial score (nSPS) is 13.7. The second-order valence-corrected chi connectivity index (χ2v) is 5.96. The van der Waals surface area contributed by atoms with Crippen molar-refractivity contribution in [3.63, 3.8) is 0 Å². The van der Waals surface area contributed by atoms with Gasteiger partial charge in [0.15, 0.2) is 0 Å². The molecule has 0 aliphatic rings. The molecule has 1 rings (SSSR count). The van der Waals surface area contributed by atoms with E-state index in [0.717, 1.165) is 6.54 Å². The molecule has 0 aliphatic heterocycles. The third-order valence-corrected chi connectivity index (χ3v) is 3.05. The predicted molar refractivity (Wildman–Crippen MR) is 71.9 cm³/mol. The molecule has 0 aliphatic carbocycles. The predicted octanol–water partition coefficient (Wildman–Crippen LogP) is 4.15. The minimum Gasteiger partial charge on any atom is -0.312 e. The summed E-state index contributed by atoms with van der Waals surface area (Å²) in [6, 6.07) is 2.83. The van der Waals surface area contributed by atoms with Crippen LogP contribution in [-0.2, 0) is 0 Å². The molecule has 0 saturated heterocycles. The first-order chi connectivity index (χ1) is 8.22. The van der Waals surface area contributed by atoms with Crippen molar-refractivity contribution in [2.75, 3.05) is 6.54 Å². The maximum atomic E-state index is 13.9. The van der Waals surface area contributed by atoms with Gasteiger partial charge in [0.1, 0.15) is 11.6 Å². The minimum absolute atomic E-state index is 0.0312. The summed E-state index contributed by atoms with van der Waals surface area (Å²) in [6.07, 6.45) is 0.717. The van der Waals surface area contributed by atoms with E-state index in [4.69, 9.17) is 0 Å². The Labute approximate surface area is 109 Å². The Balaban J connectivity index is 2.73. The van der Waals surface area contributed by atoms with E-state index < -0.39 is 11.6 Å². The van der Waals surface area contributed by atoms with Gasteiger partial charge in [-0.25, -0.2) is 8.78 Å². The highest BCUT2D eigenvalue weighted by Gasteiger charge is 2.18. The minimum atomic E-state index is -0.443. The van der Waals surface area contributed by atoms with Gasteiger partial charge in [0.25, 0.3) is 0 Å². The van der Waals surface area contributed by atoms with E-state index in [0.29, 0.717) is 12.0 Å². The van der Waals surface area contributed by atoms with Crippen LogP contribution in [-0.4, -0.2) is 12.1 Å². The van der Waals surface area contributed by atoms with Gasteiger partial charge in [-0.1, -0.05) is 13.0 Å². The van der Waals surface area contributed by atoms with Gasteiger partial charge in [-0.15, -0.1) is 0 Å². The molecule has 1 N–H and O–H groups in total. The molecular weight excluding hydrogens is 232 g/mol. The van der Waals surface area contributed by atoms with E-state index in [9.17, 15) is 8.78 Å². The van der Waals surface area contributed by atoms with Crippen molar-refractivity contribution in [1.29, 1.82) is 0 Å². The van der Waals surface area contributed by atoms with Crippen molar-refractivity contribution >= 4 is 0 Å². The topological polar surface area (TPSA) is 12.0 Å². The van der Waals surface area contributed by atoms with Crippen LogP contribution < -0.4 is 5.32 Å². The Bertz CT molecular complexity index is 408. The number of nitrogens with one attached hydrogen (secondary N) is 1. The molecule has 0 amide bonds. The van der Waals surface area contributed by atoms with Crippen LogP contribution in [0.1, 0.15) is 51.2 Å². The van der Waals surface area contributed by atoms with Crippen LogP contribution in [0.5, 0.6) is 0 Å². The highest BCUT2D eigenvalue weighted by atomic mass is 19.1. The van der Waals surface area contributed by atoms with Gasteiger partial charge in [0.2, 0.25) is 0 Å². The van der Waals surface area contributed by atoms with Crippen molar-refractivity contribution < 1.29 is 8.78 Å². The van der Waals surface area contributed by atoms with Crippen LogP contribution in [0, 0.1) is 18.6 Å². The first kappa shape index (κ1) is 15.1. The zero-order valence-corrected chi connectivity index (χ0v) is 11.9. The molecule has 1 aromatic rings. The summed E-state index contributed by atoms with van der Waals surface area (Å²) in [5.74, 6) is -0.973. The highest BCUT2D eigenvalue weighted by molar-refractivity contribution is 5.29. The average molecular weight is 255 g/mol. The van der Waals surface area contributed by atoms with E-state index in [-0.39, 0.29) is 17.0 Å². The SMILES string of the molecule is Cc1ccc(F)c(C(C)CCNC(C)(C)C)c1F. The van der Waals surface area contributed by atoms with Crippen molar-refractivity contribution in [3.05, 3.63) is 34.9 Å². The van der Waals surface area contributed by atoms with Crippen molar-refractivity contribution in [2.45, 2.75) is 52.5 Å². The molecule has 0 bridgehead atoms. The van der Waals surface area contributed by atoms with Crippen molar-refractivity contribution in [1.82, 2.24) is 5.32 Å². The summed E-state index contributed by atoms with van der Waals surface area (Å²) in [4.78, 5) is 0. The highest BCUT2D eigenvalue weighted by Crippen LogP contribution is 2.26. The Morgan fingerprint density at radius 2 is 1.83 bits per heavy atom. The van der Waals surface area contributed by atoms with E-state index in [1.807, 2.05) is 6.92 Å². The third-order valence-electron chi connectivity index (χ3n) is 3.05. The number of aryl methyl sites for hydroxylation is 1. The fourth-order valence-corrected chi connectivity index (χ4v) is 1.94. The zero-order chi connectivity index (χ0) is 13.9. The molecule has 18 heavy (non-hydrogen) atoms. The summed E-state index contributed by atoms with van der Waals surface area (Å²) in [5.41, 5.74) is 0.747. The lowest BCUT2D eigenvalue weighted by Crippen LogP contribution is -2.36. The number of hydrogen-bond donors (Lipinski definition) is 1. The monoisotopic (exact) mass is 255 g/mol. The molecule has 1 aromatic carbocycles. The van der Waals surface area contributed by atoms with E-state index in [1.54, 1.807) is 6.92 Å². The van der Waals surface area contributed by atoms with Gasteiger partial charge < -0.3 is 5.32 Å². The van der Waals surface area contributed by atoms with Crippen LogP contribution >= 0.6 is 0 Å². The van der Waals surface area contributed by atoms with Gasteiger partial charge in [0.05, 0.1) is 0 Å². The molecule has 3 heteroatoms. The first-order valence-corrected chi connectivity index (χ1v) is 6.42. The van der Waals surface area contributed by atoms with Gasteiger partial charge in [-0.2, -0.15) is 0 Å². The van der Waals surface area contributed by atoms with E-state index in [2.05, 4.69) is 26.1 Å². The van der Waals surface area contributed by atoms with Crippen molar-refractivity contribution in [3.8, 4) is 0 Å². The average Bonchev–Trinajstić information content (AvgIpc) is 2.22. The molecule has 102 valence electrons. The van der Waals surface area contributed by atoms with E-state index >= 15 is 0 Å². The number of hydrogen-bond acceptors (Lipinski definition) is 1. The molecule has 1 unspecified atom stereocenters. The van der Waals surface area contributed by atoms with E-state index in [1.165, 1.54) is 12.1 Å². The maximum absolute atomic E-state index is 13.9. The molecule has 0 radical (unpaired) electrons. The molecular formula is C15H23F2N. The van der Waals surface area contributed by atoms with Crippen molar-refractivity contribution in [2.24, 2.45) is 0 Å². The maximum Gasteiger partial charge on any atom is 0.132 e. The number of benzene rings is 1. The zero-order valence-electron chi connectivity index (χ0n) is 11.9. The second kappa shape index (κ2) is 5.79. The molecule has 0 spiro atoms. The summed E-state index contributed by atoms with van der Waals surface area (Å²) in [6.45, 7) is 10.5. The lowest BCUT2D eigenvalue weighted by Gasteiger charge is -2.22. The van der Waals surface area contributed by atoms with Crippen LogP contribution in [0.25, 0.3) is 0 Å². The molecule has 1 atom stereocenters. The number of halogens is 2. The lowest BCUT2D eigenvalue weighted by molar-refractivity contribution is 0.408. The van der Waals surface area contributed by atoms with Crippen LogP contribution in [0.15, 0.2) is 12.1 Å². The lowest BCUT2D eigenvalue weighted by atomic mass is 9.94. The van der Waals surface area contributed by atoms with Gasteiger partial charge in [-0.3, -0.25) is 0 Å². The standard InChI is InChI=1S/C15H23F2N/c1-10(8-9-18-15(3,4)5)13-12(16)7-6-11(2)14(13)17/h6-7,10,18H,8-9H2,1-5H3. The van der Waals surface area contributed by atoms with Gasteiger partial charge in [-0.05, 0) is 58.2 Å². The quantitative estimate of drug-likeness (QED) is 0.852. The summed E-state index contributed by atoms with van der Waals surface area (Å²) in [7, 11) is 0. The fourth-order valence-electron chi connectivity index (χ4n) is 1.94. The molecule has 0 heterocycles. The largest absolute Gasteiger partial charge is 0.312 e. The second-order valence-electron chi connectivity index (χ2n) is 5.96. The van der Waals surface area contributed by atoms with Gasteiger partial charge in [0, 0.05) is 11.1 Å². The Kier molecular flexibility index (Phi) is 4.85. The first-order valence-electron chi connectivity index (χ1n) is 6.42. The summed E-state index contributed by atoms with van der Waals surface area (Å²) < 4.78 is 27.6. The Morgan fingerprint density at radius 3 is 2.39 bits per heavy atom. The summed E-state index contributed by atoms with van der Waals surface area (Å²) in [5, 5.41) is 3.33. The molecule has 0 saturated carbocycles. The molecule has 0 aromatic heterocycles. The fraction of sp³-hybridized carbons (Fsp3) is 0.600. The Morgan fingerprint density at radius 1 is 1.22 bits per heavy atom. The molecule has 1 nitrogen and oxygen atoms in total. The Hall–Kier alpha value is -0.960. The van der Waals surface area contributed by atoms with Crippen LogP contribution in [0.3, 0.4) is 0 Å².